The molecule has 8 heteroatoms. The Hall–Kier alpha value is -1.90. The van der Waals surface area contributed by atoms with Crippen molar-refractivity contribution >= 4 is 37.8 Å². The molecule has 0 unspecified atom stereocenters. The Balaban J connectivity index is 1.85. The van der Waals surface area contributed by atoms with Gasteiger partial charge in [0, 0.05) is 30.8 Å². The lowest BCUT2D eigenvalue weighted by molar-refractivity contribution is 0.0918. The highest BCUT2D eigenvalue weighted by Gasteiger charge is 2.37. The first-order chi connectivity index (χ1) is 14.2. The molecule has 1 N–H and O–H groups in total. The predicted octanol–water partition coefficient (Wildman–Crippen LogP) is 4.17. The molecule has 6 nitrogen and oxygen atoms in total. The molecule has 0 radical (unpaired) electrons. The van der Waals surface area contributed by atoms with E-state index in [0.29, 0.717) is 25.3 Å². The van der Waals surface area contributed by atoms with Gasteiger partial charge in [-0.3, -0.25) is 9.52 Å². The quantitative estimate of drug-likeness (QED) is 0.743. The molecular weight excluding hydrogens is 420 g/mol. The van der Waals surface area contributed by atoms with E-state index in [1.807, 2.05) is 18.2 Å². The first kappa shape index (κ1) is 21.3. The molecule has 0 spiro atoms. The third-order valence-electron chi connectivity index (χ3n) is 5.64. The summed E-state index contributed by atoms with van der Waals surface area (Å²) in [5.41, 5.74) is 3.55. The monoisotopic (exact) mass is 448 g/mol. The second-order valence-corrected chi connectivity index (χ2v) is 11.7. The average molecular weight is 449 g/mol. The molecule has 1 aromatic carbocycles. The SMILES string of the molecule is CCS(=O)(=O)Nc1cccc(-c2c(N3CCOCC3)sc3c2CC(C)(C)CC3=O)c1. The smallest absolute Gasteiger partial charge is 0.232 e. The first-order valence-corrected chi connectivity index (χ1v) is 12.8. The van der Waals surface area contributed by atoms with Crippen LogP contribution in [0.25, 0.3) is 11.1 Å². The zero-order chi connectivity index (χ0) is 21.5. The summed E-state index contributed by atoms with van der Waals surface area (Å²) in [6.45, 7) is 8.78. The molecule has 0 bridgehead atoms. The van der Waals surface area contributed by atoms with E-state index in [1.54, 1.807) is 24.3 Å². The average Bonchev–Trinajstić information content (AvgIpc) is 3.07. The summed E-state index contributed by atoms with van der Waals surface area (Å²) in [5, 5.41) is 1.09. The van der Waals surface area contributed by atoms with Crippen LogP contribution in [0.2, 0.25) is 0 Å². The van der Waals surface area contributed by atoms with Crippen molar-refractivity contribution in [2.75, 3.05) is 41.7 Å². The molecule has 0 saturated carbocycles. The molecule has 162 valence electrons. The lowest BCUT2D eigenvalue weighted by Gasteiger charge is -2.30. The van der Waals surface area contributed by atoms with Crippen LogP contribution in [0, 0.1) is 5.41 Å². The van der Waals surface area contributed by atoms with Gasteiger partial charge in [-0.1, -0.05) is 26.0 Å². The second-order valence-electron chi connectivity index (χ2n) is 8.72. The van der Waals surface area contributed by atoms with Crippen LogP contribution < -0.4 is 9.62 Å². The van der Waals surface area contributed by atoms with E-state index in [4.69, 9.17) is 4.74 Å². The summed E-state index contributed by atoms with van der Waals surface area (Å²) in [6, 6.07) is 7.51. The third-order valence-corrected chi connectivity index (χ3v) is 8.28. The van der Waals surface area contributed by atoms with Crippen LogP contribution in [0.5, 0.6) is 0 Å². The van der Waals surface area contributed by atoms with Gasteiger partial charge >= 0.3 is 0 Å². The van der Waals surface area contributed by atoms with Gasteiger partial charge in [0.15, 0.2) is 5.78 Å². The van der Waals surface area contributed by atoms with E-state index in [-0.39, 0.29) is 17.0 Å². The molecule has 2 aliphatic rings. The molecule has 30 heavy (non-hydrogen) atoms. The third kappa shape index (κ3) is 4.26. The molecule has 1 aliphatic carbocycles. The van der Waals surface area contributed by atoms with Crippen molar-refractivity contribution in [3.63, 3.8) is 0 Å². The second kappa shape index (κ2) is 7.98. The number of carbonyl (C=O) groups excluding carboxylic acids is 1. The van der Waals surface area contributed by atoms with Crippen molar-refractivity contribution < 1.29 is 17.9 Å². The zero-order valence-electron chi connectivity index (χ0n) is 17.7. The van der Waals surface area contributed by atoms with Gasteiger partial charge in [0.25, 0.3) is 0 Å². The van der Waals surface area contributed by atoms with Crippen molar-refractivity contribution in [2.24, 2.45) is 5.41 Å². The molecule has 1 saturated heterocycles. The van der Waals surface area contributed by atoms with Gasteiger partial charge in [-0.15, -0.1) is 11.3 Å². The van der Waals surface area contributed by atoms with Gasteiger partial charge in [0.2, 0.25) is 10.0 Å². The number of hydrogen-bond donors (Lipinski definition) is 1. The number of fused-ring (bicyclic) bond motifs is 1. The van der Waals surface area contributed by atoms with Gasteiger partial charge in [-0.2, -0.15) is 0 Å². The number of morpholine rings is 1. The Morgan fingerprint density at radius 3 is 2.63 bits per heavy atom. The highest BCUT2D eigenvalue weighted by atomic mass is 32.2. The number of carbonyl (C=O) groups is 1. The van der Waals surface area contributed by atoms with Crippen molar-refractivity contribution in [3.05, 3.63) is 34.7 Å². The Morgan fingerprint density at radius 1 is 1.20 bits per heavy atom. The Labute approximate surface area is 182 Å². The number of nitrogens with one attached hydrogen (secondary N) is 1. The van der Waals surface area contributed by atoms with Crippen LogP contribution in [-0.2, 0) is 21.2 Å². The van der Waals surface area contributed by atoms with Crippen LogP contribution in [-0.4, -0.2) is 46.3 Å². The number of hydrogen-bond acceptors (Lipinski definition) is 6. The molecule has 1 fully saturated rings. The fourth-order valence-corrected chi connectivity index (χ4v) is 6.14. The van der Waals surface area contributed by atoms with E-state index < -0.39 is 10.0 Å². The lowest BCUT2D eigenvalue weighted by Crippen LogP contribution is -2.36. The van der Waals surface area contributed by atoms with Gasteiger partial charge in [-0.05, 0) is 42.0 Å². The summed E-state index contributed by atoms with van der Waals surface area (Å²) >= 11 is 1.58. The molecular formula is C22H28N2O4S2. The summed E-state index contributed by atoms with van der Waals surface area (Å²) in [5.74, 6) is 0.224. The number of ketones is 1. The standard InChI is InChI=1S/C22H28N2O4S2/c1-4-30(26,27)23-16-7-5-6-15(12-16)19-17-13-22(2,3)14-18(25)20(17)29-21(19)24-8-10-28-11-9-24/h5-7,12,23H,4,8-11,13-14H2,1-3H3. The molecule has 0 atom stereocenters. The number of benzene rings is 1. The minimum Gasteiger partial charge on any atom is -0.378 e. The van der Waals surface area contributed by atoms with Crippen LogP contribution in [0.3, 0.4) is 0 Å². The summed E-state index contributed by atoms with van der Waals surface area (Å²) in [7, 11) is -3.36. The minimum atomic E-state index is -3.36. The molecule has 2 heterocycles. The molecule has 2 aromatic rings. The lowest BCUT2D eigenvalue weighted by atomic mass is 9.75. The largest absolute Gasteiger partial charge is 0.378 e. The van der Waals surface area contributed by atoms with Crippen molar-refractivity contribution in [1.29, 1.82) is 0 Å². The topological polar surface area (TPSA) is 75.7 Å². The maximum atomic E-state index is 12.9. The van der Waals surface area contributed by atoms with Gasteiger partial charge in [0.1, 0.15) is 0 Å². The number of anilines is 2. The maximum Gasteiger partial charge on any atom is 0.232 e. The Kier molecular flexibility index (Phi) is 5.67. The van der Waals surface area contributed by atoms with E-state index in [2.05, 4.69) is 23.5 Å². The number of sulfonamides is 1. The number of Topliss-reactive ketones (excluding diaryl/α,β-unsaturated/α-hetero) is 1. The zero-order valence-corrected chi connectivity index (χ0v) is 19.3. The van der Waals surface area contributed by atoms with Crippen molar-refractivity contribution in [2.45, 2.75) is 33.6 Å². The highest BCUT2D eigenvalue weighted by molar-refractivity contribution is 7.92. The fraction of sp³-hybridized carbons (Fsp3) is 0.500. The molecule has 4 rings (SSSR count). The number of rotatable bonds is 5. The van der Waals surface area contributed by atoms with E-state index in [0.717, 1.165) is 46.1 Å². The first-order valence-electron chi connectivity index (χ1n) is 10.3. The van der Waals surface area contributed by atoms with Crippen LogP contribution in [0.1, 0.15) is 42.4 Å². The van der Waals surface area contributed by atoms with Gasteiger partial charge in [-0.25, -0.2) is 8.42 Å². The van der Waals surface area contributed by atoms with Crippen LogP contribution in [0.4, 0.5) is 10.7 Å². The summed E-state index contributed by atoms with van der Waals surface area (Å²) in [6.07, 6.45) is 1.38. The highest BCUT2D eigenvalue weighted by Crippen LogP contribution is 2.49. The minimum absolute atomic E-state index is 0.0206. The predicted molar refractivity (Wildman–Crippen MR) is 122 cm³/mol. The molecule has 0 amide bonds. The summed E-state index contributed by atoms with van der Waals surface area (Å²) in [4.78, 5) is 16.1. The van der Waals surface area contributed by atoms with Crippen LogP contribution in [0.15, 0.2) is 24.3 Å². The van der Waals surface area contributed by atoms with Crippen molar-refractivity contribution in [1.82, 2.24) is 0 Å². The normalized spacial score (nSPS) is 18.9. The Morgan fingerprint density at radius 2 is 1.93 bits per heavy atom. The van der Waals surface area contributed by atoms with E-state index in [1.165, 1.54) is 0 Å². The maximum absolute atomic E-state index is 12.9. The van der Waals surface area contributed by atoms with E-state index >= 15 is 0 Å². The van der Waals surface area contributed by atoms with Crippen molar-refractivity contribution in [3.8, 4) is 11.1 Å². The number of ether oxygens (including phenoxy) is 1. The van der Waals surface area contributed by atoms with Gasteiger partial charge < -0.3 is 9.64 Å². The molecule has 1 aliphatic heterocycles. The summed E-state index contributed by atoms with van der Waals surface area (Å²) < 4.78 is 32.3. The van der Waals surface area contributed by atoms with E-state index in [9.17, 15) is 13.2 Å². The number of nitrogens with zero attached hydrogens (tertiary/aromatic N) is 1. The van der Waals surface area contributed by atoms with Gasteiger partial charge in [0.05, 0.1) is 28.8 Å². The van der Waals surface area contributed by atoms with Crippen LogP contribution >= 0.6 is 11.3 Å². The Bertz CT molecular complexity index is 1070. The number of thiophene rings is 1. The fourth-order valence-electron chi connectivity index (χ4n) is 4.18. The molecule has 1 aromatic heterocycles.